The van der Waals surface area contributed by atoms with Gasteiger partial charge in [-0.1, -0.05) is 170 Å². The molecule has 0 radical (unpaired) electrons. The molecule has 2 heteroatoms. The second-order valence-corrected chi connectivity index (χ2v) is 16.8. The molecule has 0 bridgehead atoms. The standard InChI is InChI=1S/C62H38O2/c1-3-13-39(14-4-1)43-25-29-57-53(35-43)55-37-45(27-31-59(55)63-57)41-17-11-19-47(33-41)61-49-21-7-9-23-51(49)62(52-24-10-8-22-50(52)61)48-20-12-18-42(34-48)46-28-32-60-56(38-46)54-36-44(26-30-58(54)64-60)40-15-5-2-6-16-40/h1-38H. The third-order valence-electron chi connectivity index (χ3n) is 13.1. The quantitative estimate of drug-likeness (QED) is 0.156. The zero-order valence-electron chi connectivity index (χ0n) is 34.8. The van der Waals surface area contributed by atoms with Gasteiger partial charge in [0.1, 0.15) is 22.3 Å². The predicted molar refractivity (Wildman–Crippen MR) is 269 cm³/mol. The number of benzene rings is 11. The Balaban J connectivity index is 0.923. The van der Waals surface area contributed by atoms with Crippen LogP contribution in [0.15, 0.2) is 239 Å². The van der Waals surface area contributed by atoms with Crippen molar-refractivity contribution in [3.8, 4) is 66.8 Å². The summed E-state index contributed by atoms with van der Waals surface area (Å²) in [6.45, 7) is 0. The Morgan fingerprint density at radius 3 is 0.781 bits per heavy atom. The van der Waals surface area contributed by atoms with Gasteiger partial charge in [-0.15, -0.1) is 0 Å². The van der Waals surface area contributed by atoms with Crippen molar-refractivity contribution >= 4 is 65.4 Å². The summed E-state index contributed by atoms with van der Waals surface area (Å²) in [5.41, 5.74) is 17.8. The Morgan fingerprint density at radius 2 is 0.438 bits per heavy atom. The maximum absolute atomic E-state index is 6.35. The Hall–Kier alpha value is -8.46. The van der Waals surface area contributed by atoms with E-state index in [9.17, 15) is 0 Å². The highest BCUT2D eigenvalue weighted by atomic mass is 16.3. The van der Waals surface area contributed by atoms with E-state index >= 15 is 0 Å². The monoisotopic (exact) mass is 814 g/mol. The van der Waals surface area contributed by atoms with Crippen molar-refractivity contribution in [1.82, 2.24) is 0 Å². The highest BCUT2D eigenvalue weighted by molar-refractivity contribution is 6.22. The topological polar surface area (TPSA) is 26.3 Å². The van der Waals surface area contributed by atoms with Crippen LogP contribution in [0.1, 0.15) is 0 Å². The van der Waals surface area contributed by atoms with E-state index in [4.69, 9.17) is 8.83 Å². The van der Waals surface area contributed by atoms with Crippen molar-refractivity contribution in [2.24, 2.45) is 0 Å². The molecule has 0 saturated carbocycles. The van der Waals surface area contributed by atoms with Gasteiger partial charge in [0.2, 0.25) is 0 Å². The van der Waals surface area contributed by atoms with Gasteiger partial charge in [-0.25, -0.2) is 0 Å². The molecule has 0 aliphatic rings. The first-order valence-electron chi connectivity index (χ1n) is 21.9. The summed E-state index contributed by atoms with van der Waals surface area (Å²) in [5.74, 6) is 0. The van der Waals surface area contributed by atoms with Gasteiger partial charge in [0, 0.05) is 21.5 Å². The minimum Gasteiger partial charge on any atom is -0.456 e. The van der Waals surface area contributed by atoms with Crippen molar-refractivity contribution in [3.63, 3.8) is 0 Å². The van der Waals surface area contributed by atoms with Crippen LogP contribution in [0.2, 0.25) is 0 Å². The summed E-state index contributed by atoms with van der Waals surface area (Å²) in [7, 11) is 0. The Bertz CT molecular complexity index is 3630. The number of hydrogen-bond donors (Lipinski definition) is 0. The molecule has 298 valence electrons. The molecule has 0 amide bonds. The van der Waals surface area contributed by atoms with Gasteiger partial charge in [-0.05, 0) is 149 Å². The number of fused-ring (bicyclic) bond motifs is 8. The Labute approximate surface area is 369 Å². The number of hydrogen-bond acceptors (Lipinski definition) is 2. The fourth-order valence-corrected chi connectivity index (χ4v) is 9.99. The van der Waals surface area contributed by atoms with Crippen molar-refractivity contribution < 1.29 is 8.83 Å². The number of furan rings is 2. The maximum atomic E-state index is 6.35. The highest BCUT2D eigenvalue weighted by Gasteiger charge is 2.19. The van der Waals surface area contributed by atoms with Crippen LogP contribution in [-0.4, -0.2) is 0 Å². The second-order valence-electron chi connectivity index (χ2n) is 16.8. The van der Waals surface area contributed by atoms with Crippen LogP contribution in [-0.2, 0) is 0 Å². The first-order chi connectivity index (χ1) is 31.7. The van der Waals surface area contributed by atoms with E-state index in [1.807, 2.05) is 0 Å². The van der Waals surface area contributed by atoms with Gasteiger partial charge in [0.05, 0.1) is 0 Å². The van der Waals surface area contributed by atoms with Crippen molar-refractivity contribution in [1.29, 1.82) is 0 Å². The van der Waals surface area contributed by atoms with Gasteiger partial charge >= 0.3 is 0 Å². The van der Waals surface area contributed by atoms with Crippen LogP contribution in [0.5, 0.6) is 0 Å². The second kappa shape index (κ2) is 14.6. The third-order valence-corrected chi connectivity index (χ3v) is 13.1. The Kier molecular flexibility index (Phi) is 8.25. The molecule has 13 aromatic rings. The van der Waals surface area contributed by atoms with E-state index in [0.29, 0.717) is 0 Å². The van der Waals surface area contributed by atoms with E-state index in [0.717, 1.165) is 66.1 Å². The molecule has 0 aliphatic carbocycles. The number of rotatable bonds is 6. The molecule has 0 spiro atoms. The molecule has 64 heavy (non-hydrogen) atoms. The molecule has 0 unspecified atom stereocenters. The zero-order chi connectivity index (χ0) is 42.1. The van der Waals surface area contributed by atoms with Crippen LogP contribution in [0.4, 0.5) is 0 Å². The molecule has 13 rings (SSSR count). The van der Waals surface area contributed by atoms with E-state index in [2.05, 4.69) is 231 Å². The van der Waals surface area contributed by atoms with Crippen LogP contribution in [0.25, 0.3) is 132 Å². The summed E-state index contributed by atoms with van der Waals surface area (Å²) >= 11 is 0. The lowest BCUT2D eigenvalue weighted by molar-refractivity contribution is 0.668. The molecule has 0 fully saturated rings. The lowest BCUT2D eigenvalue weighted by Crippen LogP contribution is -1.91. The smallest absolute Gasteiger partial charge is 0.135 e. The average Bonchev–Trinajstić information content (AvgIpc) is 3.93. The van der Waals surface area contributed by atoms with Crippen molar-refractivity contribution in [2.75, 3.05) is 0 Å². The molecule has 11 aromatic carbocycles. The highest BCUT2D eigenvalue weighted by Crippen LogP contribution is 2.46. The first kappa shape index (κ1) is 36.2. The maximum Gasteiger partial charge on any atom is 0.135 e. The van der Waals surface area contributed by atoms with E-state index in [-0.39, 0.29) is 0 Å². The van der Waals surface area contributed by atoms with Gasteiger partial charge in [-0.2, -0.15) is 0 Å². The van der Waals surface area contributed by atoms with Crippen LogP contribution >= 0.6 is 0 Å². The average molecular weight is 815 g/mol. The van der Waals surface area contributed by atoms with Crippen LogP contribution in [0.3, 0.4) is 0 Å². The summed E-state index contributed by atoms with van der Waals surface area (Å²) < 4.78 is 12.7. The van der Waals surface area contributed by atoms with E-state index in [1.54, 1.807) is 0 Å². The molecule has 2 aromatic heterocycles. The van der Waals surface area contributed by atoms with E-state index < -0.39 is 0 Å². The molecule has 2 nitrogen and oxygen atoms in total. The van der Waals surface area contributed by atoms with Gasteiger partial charge < -0.3 is 8.83 Å². The van der Waals surface area contributed by atoms with Crippen LogP contribution in [0, 0.1) is 0 Å². The summed E-state index contributed by atoms with van der Waals surface area (Å²) in [6, 6.07) is 83.1. The van der Waals surface area contributed by atoms with E-state index in [1.165, 1.54) is 66.1 Å². The third kappa shape index (κ3) is 5.95. The summed E-state index contributed by atoms with van der Waals surface area (Å²) in [5, 5.41) is 9.39. The predicted octanol–water partition coefficient (Wildman–Crippen LogP) is 17.8. The van der Waals surface area contributed by atoms with Gasteiger partial charge in [0.25, 0.3) is 0 Å². The molecular weight excluding hydrogens is 777 g/mol. The fraction of sp³-hybridized carbons (Fsp3) is 0. The van der Waals surface area contributed by atoms with Crippen molar-refractivity contribution in [3.05, 3.63) is 231 Å². The molecule has 0 N–H and O–H groups in total. The minimum atomic E-state index is 0.893. The van der Waals surface area contributed by atoms with Crippen LogP contribution < -0.4 is 0 Å². The lowest BCUT2D eigenvalue weighted by Gasteiger charge is -2.18. The zero-order valence-corrected chi connectivity index (χ0v) is 34.8. The lowest BCUT2D eigenvalue weighted by atomic mass is 9.85. The molecule has 2 heterocycles. The fourth-order valence-electron chi connectivity index (χ4n) is 9.99. The first-order valence-corrected chi connectivity index (χ1v) is 21.9. The SMILES string of the molecule is c1ccc(-c2ccc3oc4ccc(-c5cccc(-c6c7ccccc7c(-c7cccc(-c8ccc9oc%10ccc(-c%11ccccc%11)cc%10c9c8)c7)c7ccccc67)c5)cc4c3c2)cc1. The van der Waals surface area contributed by atoms with Crippen molar-refractivity contribution in [2.45, 2.75) is 0 Å². The molecule has 0 saturated heterocycles. The molecule has 0 atom stereocenters. The Morgan fingerprint density at radius 1 is 0.172 bits per heavy atom. The molecule has 0 aliphatic heterocycles. The summed E-state index contributed by atoms with van der Waals surface area (Å²) in [4.78, 5) is 0. The van der Waals surface area contributed by atoms with Gasteiger partial charge in [0.15, 0.2) is 0 Å². The minimum absolute atomic E-state index is 0.893. The molecular formula is C62H38O2. The summed E-state index contributed by atoms with van der Waals surface area (Å²) in [6.07, 6.45) is 0. The largest absolute Gasteiger partial charge is 0.456 e. The van der Waals surface area contributed by atoms with Gasteiger partial charge in [-0.3, -0.25) is 0 Å². The normalized spacial score (nSPS) is 11.8.